The molecular formula is C24H25N5O4. The molecule has 0 aliphatic carbocycles. The molecule has 0 bridgehead atoms. The highest BCUT2D eigenvalue weighted by molar-refractivity contribution is 5.81. The fourth-order valence-electron chi connectivity index (χ4n) is 4.11. The SMILES string of the molecule is COc1cc(OC)cc(-c2nc(-c3ccc4c(c3)ncn4CCC(=O)N3CCCC3)no2)c1. The van der Waals surface area contributed by atoms with Crippen molar-refractivity contribution < 1.29 is 18.8 Å². The van der Waals surface area contributed by atoms with Crippen LogP contribution in [-0.4, -0.2) is 57.8 Å². The molecule has 2 aromatic carbocycles. The summed E-state index contributed by atoms with van der Waals surface area (Å²) in [6.07, 6.45) is 4.46. The van der Waals surface area contributed by atoms with Gasteiger partial charge in [-0.25, -0.2) is 4.98 Å². The second-order valence-corrected chi connectivity index (χ2v) is 8.00. The highest BCUT2D eigenvalue weighted by atomic mass is 16.5. The molecule has 0 spiro atoms. The molecule has 1 fully saturated rings. The first kappa shape index (κ1) is 21.0. The van der Waals surface area contributed by atoms with Gasteiger partial charge in [0.2, 0.25) is 11.7 Å². The Labute approximate surface area is 190 Å². The van der Waals surface area contributed by atoms with Crippen LogP contribution in [0.4, 0.5) is 0 Å². The zero-order chi connectivity index (χ0) is 22.8. The molecule has 1 saturated heterocycles. The zero-order valence-corrected chi connectivity index (χ0v) is 18.7. The van der Waals surface area contributed by atoms with Crippen molar-refractivity contribution >= 4 is 16.9 Å². The normalized spacial score (nSPS) is 13.6. The molecular weight excluding hydrogens is 422 g/mol. The minimum absolute atomic E-state index is 0.208. The number of hydrogen-bond acceptors (Lipinski definition) is 7. The van der Waals surface area contributed by atoms with Gasteiger partial charge in [-0.15, -0.1) is 0 Å². The predicted octanol–water partition coefficient (Wildman–Crippen LogP) is 3.78. The van der Waals surface area contributed by atoms with Crippen molar-refractivity contribution in [3.05, 3.63) is 42.7 Å². The molecule has 0 atom stereocenters. The molecule has 0 N–H and O–H groups in total. The van der Waals surface area contributed by atoms with Gasteiger partial charge in [-0.1, -0.05) is 5.16 Å². The fourth-order valence-corrected chi connectivity index (χ4v) is 4.11. The van der Waals surface area contributed by atoms with Gasteiger partial charge in [0.1, 0.15) is 11.5 Å². The van der Waals surface area contributed by atoms with E-state index in [-0.39, 0.29) is 5.91 Å². The molecule has 9 heteroatoms. The fraction of sp³-hybridized carbons (Fsp3) is 0.333. The third-order valence-electron chi connectivity index (χ3n) is 5.93. The summed E-state index contributed by atoms with van der Waals surface area (Å²) in [6, 6.07) is 11.2. The second-order valence-electron chi connectivity index (χ2n) is 8.00. The lowest BCUT2D eigenvalue weighted by Crippen LogP contribution is -2.28. The number of imidazole rings is 1. The first-order valence-corrected chi connectivity index (χ1v) is 10.9. The van der Waals surface area contributed by atoms with Crippen LogP contribution in [0.1, 0.15) is 19.3 Å². The zero-order valence-electron chi connectivity index (χ0n) is 18.7. The summed E-state index contributed by atoms with van der Waals surface area (Å²) < 4.78 is 18.1. The maximum Gasteiger partial charge on any atom is 0.258 e. The van der Waals surface area contributed by atoms with Gasteiger partial charge in [-0.05, 0) is 43.2 Å². The maximum absolute atomic E-state index is 12.4. The van der Waals surface area contributed by atoms with Crippen LogP contribution in [-0.2, 0) is 11.3 Å². The van der Waals surface area contributed by atoms with Crippen molar-refractivity contribution in [2.45, 2.75) is 25.8 Å². The molecule has 1 aliphatic rings. The highest BCUT2D eigenvalue weighted by Crippen LogP contribution is 2.30. The van der Waals surface area contributed by atoms with Gasteiger partial charge in [0.25, 0.3) is 5.89 Å². The number of carbonyl (C=O) groups is 1. The second kappa shape index (κ2) is 8.93. The predicted molar refractivity (Wildman–Crippen MR) is 122 cm³/mol. The largest absolute Gasteiger partial charge is 0.497 e. The number of nitrogens with zero attached hydrogens (tertiary/aromatic N) is 5. The summed E-state index contributed by atoms with van der Waals surface area (Å²) in [6.45, 7) is 2.36. The Morgan fingerprint density at radius 1 is 1.03 bits per heavy atom. The topological polar surface area (TPSA) is 95.5 Å². The standard InChI is InChI=1S/C24H25N5O4/c1-31-18-11-17(12-19(14-18)32-2)24-26-23(27-33-24)16-5-6-21-20(13-16)25-15-29(21)10-7-22(30)28-8-3-4-9-28/h5-6,11-15H,3-4,7-10H2,1-2H3. The van der Waals surface area contributed by atoms with Crippen molar-refractivity contribution in [1.29, 1.82) is 0 Å². The number of ether oxygens (including phenoxy) is 2. The van der Waals surface area contributed by atoms with Crippen LogP contribution >= 0.6 is 0 Å². The number of likely N-dealkylation sites (tertiary alicyclic amines) is 1. The van der Waals surface area contributed by atoms with Crippen molar-refractivity contribution in [1.82, 2.24) is 24.6 Å². The van der Waals surface area contributed by atoms with Gasteiger partial charge in [-0.2, -0.15) is 4.98 Å². The van der Waals surface area contributed by atoms with E-state index in [4.69, 9.17) is 14.0 Å². The van der Waals surface area contributed by atoms with Crippen LogP contribution in [0.3, 0.4) is 0 Å². The molecule has 1 aliphatic heterocycles. The summed E-state index contributed by atoms with van der Waals surface area (Å²) in [7, 11) is 3.18. The molecule has 170 valence electrons. The monoisotopic (exact) mass is 447 g/mol. The van der Waals surface area contributed by atoms with Gasteiger partial charge < -0.3 is 23.5 Å². The van der Waals surface area contributed by atoms with E-state index >= 15 is 0 Å². The van der Waals surface area contributed by atoms with Crippen molar-refractivity contribution in [2.75, 3.05) is 27.3 Å². The van der Waals surface area contributed by atoms with E-state index < -0.39 is 0 Å². The maximum atomic E-state index is 12.4. The molecule has 0 unspecified atom stereocenters. The van der Waals surface area contributed by atoms with E-state index in [1.54, 1.807) is 26.6 Å². The lowest BCUT2D eigenvalue weighted by atomic mass is 10.1. The highest BCUT2D eigenvalue weighted by Gasteiger charge is 2.18. The van der Waals surface area contributed by atoms with Crippen LogP contribution in [0.5, 0.6) is 11.5 Å². The Balaban J connectivity index is 1.35. The molecule has 4 aromatic rings. The van der Waals surface area contributed by atoms with Gasteiger partial charge in [0, 0.05) is 43.2 Å². The summed E-state index contributed by atoms with van der Waals surface area (Å²) >= 11 is 0. The van der Waals surface area contributed by atoms with Gasteiger partial charge in [0.15, 0.2) is 0 Å². The van der Waals surface area contributed by atoms with E-state index in [9.17, 15) is 4.79 Å². The first-order chi connectivity index (χ1) is 16.1. The molecule has 33 heavy (non-hydrogen) atoms. The molecule has 9 nitrogen and oxygen atoms in total. The smallest absolute Gasteiger partial charge is 0.258 e. The number of rotatable bonds is 7. The summed E-state index contributed by atoms with van der Waals surface area (Å²) in [5, 5.41) is 4.14. The molecule has 3 heterocycles. The number of aryl methyl sites for hydroxylation is 1. The molecule has 1 amide bonds. The molecule has 0 saturated carbocycles. The number of methoxy groups -OCH3 is 2. The molecule has 0 radical (unpaired) electrons. The van der Waals surface area contributed by atoms with Gasteiger partial charge >= 0.3 is 0 Å². The summed E-state index contributed by atoms with van der Waals surface area (Å²) in [5.41, 5.74) is 3.29. The van der Waals surface area contributed by atoms with E-state index in [0.29, 0.717) is 41.7 Å². The summed E-state index contributed by atoms with van der Waals surface area (Å²) in [4.78, 5) is 23.4. The Morgan fingerprint density at radius 3 is 2.52 bits per heavy atom. The third-order valence-corrected chi connectivity index (χ3v) is 5.93. The minimum atomic E-state index is 0.208. The molecule has 2 aromatic heterocycles. The van der Waals surface area contributed by atoms with Crippen LogP contribution < -0.4 is 9.47 Å². The average molecular weight is 447 g/mol. The number of hydrogen-bond donors (Lipinski definition) is 0. The Morgan fingerprint density at radius 2 is 1.79 bits per heavy atom. The van der Waals surface area contributed by atoms with E-state index in [0.717, 1.165) is 42.5 Å². The Kier molecular flexibility index (Phi) is 5.68. The van der Waals surface area contributed by atoms with Gasteiger partial charge in [-0.3, -0.25) is 4.79 Å². The quantitative estimate of drug-likeness (QED) is 0.425. The van der Waals surface area contributed by atoms with Crippen LogP contribution in [0, 0.1) is 0 Å². The van der Waals surface area contributed by atoms with Crippen LogP contribution in [0.15, 0.2) is 47.2 Å². The molecule has 5 rings (SSSR count). The van der Waals surface area contributed by atoms with E-state index in [1.165, 1.54) is 0 Å². The van der Waals surface area contributed by atoms with Crippen molar-refractivity contribution in [2.24, 2.45) is 0 Å². The van der Waals surface area contributed by atoms with Crippen molar-refractivity contribution in [3.63, 3.8) is 0 Å². The Hall–Kier alpha value is -3.88. The third kappa shape index (κ3) is 4.26. The van der Waals surface area contributed by atoms with Crippen LogP contribution in [0.2, 0.25) is 0 Å². The van der Waals surface area contributed by atoms with E-state index in [2.05, 4.69) is 15.1 Å². The average Bonchev–Trinajstić information content (AvgIpc) is 3.62. The van der Waals surface area contributed by atoms with Gasteiger partial charge in [0.05, 0.1) is 31.6 Å². The minimum Gasteiger partial charge on any atom is -0.497 e. The lowest BCUT2D eigenvalue weighted by Gasteiger charge is -2.15. The number of aromatic nitrogens is 4. The first-order valence-electron chi connectivity index (χ1n) is 10.9. The number of carbonyl (C=O) groups excluding carboxylic acids is 1. The number of fused-ring (bicyclic) bond motifs is 1. The number of benzene rings is 2. The number of amides is 1. The van der Waals surface area contributed by atoms with Crippen molar-refractivity contribution in [3.8, 4) is 34.3 Å². The lowest BCUT2D eigenvalue weighted by molar-refractivity contribution is -0.130. The summed E-state index contributed by atoms with van der Waals surface area (Å²) in [5.74, 6) is 2.32. The van der Waals surface area contributed by atoms with Crippen LogP contribution in [0.25, 0.3) is 33.9 Å². The van der Waals surface area contributed by atoms with E-state index in [1.807, 2.05) is 39.8 Å². The Bertz CT molecular complexity index is 1270.